The van der Waals surface area contributed by atoms with Crippen molar-refractivity contribution in [3.05, 3.63) is 39.5 Å². The number of hydrogen-bond acceptors (Lipinski definition) is 3. The van der Waals surface area contributed by atoms with Gasteiger partial charge in [-0.3, -0.25) is 0 Å². The summed E-state index contributed by atoms with van der Waals surface area (Å²) in [5.41, 5.74) is 2.70. The lowest BCUT2D eigenvalue weighted by molar-refractivity contribution is 0.618. The van der Waals surface area contributed by atoms with Crippen molar-refractivity contribution in [3.63, 3.8) is 0 Å². The zero-order chi connectivity index (χ0) is 13.4. The second-order valence-electron chi connectivity index (χ2n) is 5.11. The van der Waals surface area contributed by atoms with E-state index in [1.807, 2.05) is 12.1 Å². The van der Waals surface area contributed by atoms with E-state index < -0.39 is 0 Å². The number of aryl methyl sites for hydroxylation is 2. The molecule has 1 saturated heterocycles. The quantitative estimate of drug-likeness (QED) is 0.905. The summed E-state index contributed by atoms with van der Waals surface area (Å²) in [4.78, 5) is 6.00. The van der Waals surface area contributed by atoms with E-state index in [1.165, 1.54) is 16.0 Å². The Balaban J connectivity index is 1.97. The van der Waals surface area contributed by atoms with Crippen LogP contribution in [0, 0.1) is 19.7 Å². The molecule has 0 bridgehead atoms. The fraction of sp³-hybridized carbons (Fsp3) is 0.400. The maximum absolute atomic E-state index is 13.3. The van der Waals surface area contributed by atoms with Crippen molar-refractivity contribution in [2.75, 3.05) is 13.1 Å². The molecule has 3 rings (SSSR count). The van der Waals surface area contributed by atoms with E-state index in [2.05, 4.69) is 12.2 Å². The van der Waals surface area contributed by atoms with Gasteiger partial charge in [-0.2, -0.15) is 0 Å². The van der Waals surface area contributed by atoms with Gasteiger partial charge in [0, 0.05) is 22.9 Å². The Bertz CT molecular complexity index is 600. The van der Waals surface area contributed by atoms with Gasteiger partial charge in [0.2, 0.25) is 0 Å². The Morgan fingerprint density at radius 1 is 1.37 bits per heavy atom. The van der Waals surface area contributed by atoms with Crippen molar-refractivity contribution in [3.8, 4) is 11.3 Å². The lowest BCUT2D eigenvalue weighted by atomic mass is 10.1. The van der Waals surface area contributed by atoms with Crippen LogP contribution in [0.5, 0.6) is 0 Å². The molecule has 1 aliphatic heterocycles. The molecule has 2 aromatic rings. The zero-order valence-electron chi connectivity index (χ0n) is 11.2. The number of rotatable bonds is 2. The summed E-state index contributed by atoms with van der Waals surface area (Å²) in [5.74, 6) is 0.385. The van der Waals surface area contributed by atoms with Crippen LogP contribution in [0.1, 0.15) is 27.8 Å². The molecule has 0 amide bonds. The first kappa shape index (κ1) is 12.8. The molecular formula is C15H17FN2S. The Hall–Kier alpha value is -1.26. The lowest BCUT2D eigenvalue weighted by Crippen LogP contribution is -2.07. The first-order valence-corrected chi connectivity index (χ1v) is 7.41. The number of aromatic nitrogens is 1. The van der Waals surface area contributed by atoms with Gasteiger partial charge in [0.05, 0.1) is 10.7 Å². The van der Waals surface area contributed by atoms with Crippen molar-refractivity contribution >= 4 is 11.3 Å². The van der Waals surface area contributed by atoms with Crippen LogP contribution in [0.25, 0.3) is 11.3 Å². The summed E-state index contributed by atoms with van der Waals surface area (Å²) < 4.78 is 13.3. The first-order chi connectivity index (χ1) is 9.15. The molecule has 1 aliphatic rings. The highest BCUT2D eigenvalue weighted by molar-refractivity contribution is 7.12. The Morgan fingerprint density at radius 3 is 2.89 bits per heavy atom. The molecule has 0 saturated carbocycles. The maximum atomic E-state index is 13.3. The number of benzene rings is 1. The third-order valence-corrected chi connectivity index (χ3v) is 4.79. The van der Waals surface area contributed by atoms with Crippen LogP contribution in [0.4, 0.5) is 4.39 Å². The molecule has 4 heteroatoms. The molecule has 1 fully saturated rings. The standard InChI is InChI=1S/C15H17FN2S/c1-9-7-11(3-4-13(9)16)14-10(2)19-15(18-14)12-5-6-17-8-12/h3-4,7,12,17H,5-6,8H2,1-2H3. The van der Waals surface area contributed by atoms with Gasteiger partial charge in [0.15, 0.2) is 0 Å². The number of halogens is 1. The van der Waals surface area contributed by atoms with Crippen LogP contribution >= 0.6 is 11.3 Å². The molecule has 2 heterocycles. The van der Waals surface area contributed by atoms with Crippen LogP contribution in [0.2, 0.25) is 0 Å². The highest BCUT2D eigenvalue weighted by Gasteiger charge is 2.21. The third-order valence-electron chi connectivity index (χ3n) is 3.65. The summed E-state index contributed by atoms with van der Waals surface area (Å²) in [5, 5.41) is 4.58. The molecule has 100 valence electrons. The second kappa shape index (κ2) is 5.02. The average Bonchev–Trinajstić information content (AvgIpc) is 3.01. The van der Waals surface area contributed by atoms with E-state index in [0.717, 1.165) is 30.8 Å². The molecule has 0 aliphatic carbocycles. The van der Waals surface area contributed by atoms with E-state index in [9.17, 15) is 4.39 Å². The van der Waals surface area contributed by atoms with E-state index in [4.69, 9.17) is 4.98 Å². The Morgan fingerprint density at radius 2 is 2.21 bits per heavy atom. The first-order valence-electron chi connectivity index (χ1n) is 6.59. The predicted molar refractivity (Wildman–Crippen MR) is 77.2 cm³/mol. The number of nitrogens with one attached hydrogen (secondary N) is 1. The molecule has 0 radical (unpaired) electrons. The van der Waals surface area contributed by atoms with Crippen molar-refractivity contribution in [1.82, 2.24) is 10.3 Å². The molecule has 1 N–H and O–H groups in total. The smallest absolute Gasteiger partial charge is 0.126 e. The molecule has 1 aromatic carbocycles. The zero-order valence-corrected chi connectivity index (χ0v) is 12.0. The third kappa shape index (κ3) is 2.42. The summed E-state index contributed by atoms with van der Waals surface area (Å²) in [7, 11) is 0. The minimum atomic E-state index is -0.156. The van der Waals surface area contributed by atoms with E-state index in [-0.39, 0.29) is 5.82 Å². The average molecular weight is 276 g/mol. The Labute approximate surface area is 116 Å². The second-order valence-corrected chi connectivity index (χ2v) is 6.35. The highest BCUT2D eigenvalue weighted by Crippen LogP contribution is 2.33. The van der Waals surface area contributed by atoms with Gasteiger partial charge in [0.1, 0.15) is 5.82 Å². The minimum absolute atomic E-state index is 0.156. The summed E-state index contributed by atoms with van der Waals surface area (Å²) in [6, 6.07) is 5.23. The van der Waals surface area contributed by atoms with Gasteiger partial charge in [0.25, 0.3) is 0 Å². The van der Waals surface area contributed by atoms with Gasteiger partial charge in [-0.25, -0.2) is 9.37 Å². The fourth-order valence-electron chi connectivity index (χ4n) is 2.52. The largest absolute Gasteiger partial charge is 0.316 e. The van der Waals surface area contributed by atoms with E-state index >= 15 is 0 Å². The normalized spacial score (nSPS) is 19.0. The summed E-state index contributed by atoms with van der Waals surface area (Å²) >= 11 is 1.77. The van der Waals surface area contributed by atoms with Crippen molar-refractivity contribution in [1.29, 1.82) is 0 Å². The van der Waals surface area contributed by atoms with Gasteiger partial charge in [-0.15, -0.1) is 11.3 Å². The van der Waals surface area contributed by atoms with Crippen LogP contribution < -0.4 is 5.32 Å². The number of thiazole rings is 1. The van der Waals surface area contributed by atoms with Crippen LogP contribution in [0.3, 0.4) is 0 Å². The lowest BCUT2D eigenvalue weighted by Gasteiger charge is -2.03. The van der Waals surface area contributed by atoms with Gasteiger partial charge >= 0.3 is 0 Å². The number of nitrogens with zero attached hydrogens (tertiary/aromatic N) is 1. The van der Waals surface area contributed by atoms with Crippen LogP contribution in [-0.4, -0.2) is 18.1 Å². The molecule has 1 atom stereocenters. The molecule has 2 nitrogen and oxygen atoms in total. The van der Waals surface area contributed by atoms with Crippen LogP contribution in [-0.2, 0) is 0 Å². The highest BCUT2D eigenvalue weighted by atomic mass is 32.1. The topological polar surface area (TPSA) is 24.9 Å². The predicted octanol–water partition coefficient (Wildman–Crippen LogP) is 3.64. The van der Waals surface area contributed by atoms with E-state index in [1.54, 1.807) is 18.3 Å². The molecule has 19 heavy (non-hydrogen) atoms. The molecular weight excluding hydrogens is 259 g/mol. The number of hydrogen-bond donors (Lipinski definition) is 1. The van der Waals surface area contributed by atoms with Crippen molar-refractivity contribution in [2.45, 2.75) is 26.2 Å². The SMILES string of the molecule is Cc1cc(-c2nc(C3CCNC3)sc2C)ccc1F. The fourth-order valence-corrected chi connectivity index (χ4v) is 3.60. The Kier molecular flexibility index (Phi) is 3.37. The van der Waals surface area contributed by atoms with Gasteiger partial charge in [-0.05, 0) is 50.6 Å². The summed E-state index contributed by atoms with van der Waals surface area (Å²) in [6.07, 6.45) is 1.16. The van der Waals surface area contributed by atoms with Gasteiger partial charge < -0.3 is 5.32 Å². The van der Waals surface area contributed by atoms with Crippen molar-refractivity contribution in [2.24, 2.45) is 0 Å². The molecule has 0 spiro atoms. The van der Waals surface area contributed by atoms with E-state index in [0.29, 0.717) is 11.5 Å². The maximum Gasteiger partial charge on any atom is 0.126 e. The molecule has 1 unspecified atom stereocenters. The molecule has 1 aromatic heterocycles. The van der Waals surface area contributed by atoms with Crippen molar-refractivity contribution < 1.29 is 4.39 Å². The van der Waals surface area contributed by atoms with Gasteiger partial charge in [-0.1, -0.05) is 0 Å². The van der Waals surface area contributed by atoms with Crippen LogP contribution in [0.15, 0.2) is 18.2 Å². The summed E-state index contributed by atoms with van der Waals surface area (Å²) in [6.45, 7) is 5.99. The minimum Gasteiger partial charge on any atom is -0.316 e. The monoisotopic (exact) mass is 276 g/mol.